The molecule has 7 heteroatoms. The lowest BCUT2D eigenvalue weighted by Crippen LogP contribution is -2.52. The van der Waals surface area contributed by atoms with Crippen molar-refractivity contribution < 1.29 is 13.6 Å². The summed E-state index contributed by atoms with van der Waals surface area (Å²) in [5.74, 6) is -2.68. The first-order valence-corrected chi connectivity index (χ1v) is 12.3. The second kappa shape index (κ2) is 9.85. The average Bonchev–Trinajstić information content (AvgIpc) is 3.27. The van der Waals surface area contributed by atoms with Gasteiger partial charge in [0, 0.05) is 39.0 Å². The Balaban J connectivity index is 1.64. The number of nitrogens with one attached hydrogen (secondary N) is 1. The maximum atomic E-state index is 13.8. The molecule has 3 N–H and O–H groups in total. The van der Waals surface area contributed by atoms with Crippen LogP contribution in [-0.2, 0) is 0 Å². The van der Waals surface area contributed by atoms with Gasteiger partial charge in [-0.05, 0) is 62.4 Å². The molecule has 1 aliphatic carbocycles. The van der Waals surface area contributed by atoms with E-state index in [9.17, 15) is 13.6 Å². The van der Waals surface area contributed by atoms with Crippen LogP contribution in [0.15, 0.2) is 52.9 Å². The molecule has 1 aliphatic heterocycles. The van der Waals surface area contributed by atoms with Gasteiger partial charge < -0.3 is 11.1 Å². The van der Waals surface area contributed by atoms with Crippen LogP contribution >= 0.6 is 11.9 Å². The van der Waals surface area contributed by atoms with Crippen molar-refractivity contribution in [1.29, 1.82) is 0 Å². The summed E-state index contributed by atoms with van der Waals surface area (Å²) in [5, 5.41) is 3.63. The number of alkyl halides is 2. The molecule has 1 saturated carbocycles. The molecule has 1 saturated heterocycles. The fourth-order valence-electron chi connectivity index (χ4n) is 4.43. The van der Waals surface area contributed by atoms with Crippen molar-refractivity contribution in [1.82, 2.24) is 4.31 Å². The molecule has 0 spiro atoms. The molecule has 0 radical (unpaired) electrons. The predicted molar refractivity (Wildman–Crippen MR) is 133 cm³/mol. The van der Waals surface area contributed by atoms with E-state index in [1.165, 1.54) is 24.8 Å². The van der Waals surface area contributed by atoms with Gasteiger partial charge in [0.2, 0.25) is 0 Å². The fraction of sp³-hybridized carbons (Fsp3) is 0.423. The van der Waals surface area contributed by atoms with Gasteiger partial charge in [-0.1, -0.05) is 43.5 Å². The van der Waals surface area contributed by atoms with Crippen LogP contribution in [0.25, 0.3) is 5.57 Å². The van der Waals surface area contributed by atoms with E-state index in [4.69, 9.17) is 5.73 Å². The van der Waals surface area contributed by atoms with Gasteiger partial charge in [0.05, 0.1) is 13.1 Å². The Labute approximate surface area is 198 Å². The molecule has 0 bridgehead atoms. The van der Waals surface area contributed by atoms with Crippen molar-refractivity contribution >= 4 is 34.7 Å². The van der Waals surface area contributed by atoms with Gasteiger partial charge in [0.25, 0.3) is 5.92 Å². The molecule has 0 unspecified atom stereocenters. The molecule has 0 amide bonds. The summed E-state index contributed by atoms with van der Waals surface area (Å²) in [6, 6.07) is 13.3. The highest BCUT2D eigenvalue weighted by molar-refractivity contribution is 7.97. The largest absolute Gasteiger partial charge is 0.399 e. The third-order valence-corrected chi connectivity index (χ3v) is 7.34. The minimum atomic E-state index is -2.62. The number of ketones is 1. The summed E-state index contributed by atoms with van der Waals surface area (Å²) in [7, 11) is 0. The van der Waals surface area contributed by atoms with E-state index < -0.39 is 5.92 Å². The van der Waals surface area contributed by atoms with Crippen LogP contribution in [0, 0.1) is 0 Å². The number of carbonyl (C=O) groups is 1. The second-order valence-corrected chi connectivity index (χ2v) is 10.2. The molecule has 2 aromatic carbocycles. The Bertz CT molecular complexity index is 1060. The van der Waals surface area contributed by atoms with Crippen LogP contribution in [0.2, 0.25) is 0 Å². The van der Waals surface area contributed by atoms with Crippen LogP contribution in [0.1, 0.15) is 61.9 Å². The molecule has 2 aromatic rings. The van der Waals surface area contributed by atoms with Crippen molar-refractivity contribution in [3.8, 4) is 0 Å². The quantitative estimate of drug-likeness (QED) is 0.195. The van der Waals surface area contributed by atoms with E-state index in [2.05, 4.69) is 5.32 Å². The average molecular weight is 472 g/mol. The van der Waals surface area contributed by atoms with Crippen molar-refractivity contribution in [2.24, 2.45) is 0 Å². The zero-order valence-corrected chi connectivity index (χ0v) is 20.0. The molecule has 0 aromatic heterocycles. The number of carbonyl (C=O) groups excluding carboxylic acids is 1. The van der Waals surface area contributed by atoms with Crippen molar-refractivity contribution in [2.45, 2.75) is 62.8 Å². The molecular weight excluding hydrogens is 440 g/mol. The molecule has 2 fully saturated rings. The van der Waals surface area contributed by atoms with Crippen LogP contribution in [0.3, 0.4) is 0 Å². The molecule has 176 valence electrons. The Morgan fingerprint density at radius 2 is 1.91 bits per heavy atom. The van der Waals surface area contributed by atoms with E-state index in [0.29, 0.717) is 22.9 Å². The van der Waals surface area contributed by atoms with E-state index >= 15 is 0 Å². The van der Waals surface area contributed by atoms with Gasteiger partial charge in [-0.15, -0.1) is 0 Å². The minimum Gasteiger partial charge on any atom is -0.399 e. The van der Waals surface area contributed by atoms with Crippen molar-refractivity contribution in [2.75, 3.05) is 24.1 Å². The van der Waals surface area contributed by atoms with E-state index in [1.807, 2.05) is 44.2 Å². The van der Waals surface area contributed by atoms with Gasteiger partial charge in [-0.2, -0.15) is 0 Å². The third kappa shape index (κ3) is 5.58. The number of hydrogen-bond acceptors (Lipinski definition) is 5. The Morgan fingerprint density at radius 3 is 2.58 bits per heavy atom. The Kier molecular flexibility index (Phi) is 7.10. The highest BCUT2D eigenvalue weighted by Gasteiger charge is 2.44. The van der Waals surface area contributed by atoms with Crippen LogP contribution in [0.5, 0.6) is 0 Å². The first-order valence-electron chi connectivity index (χ1n) is 11.6. The number of nitrogens with two attached hydrogens (primary N) is 1. The zero-order valence-electron chi connectivity index (χ0n) is 19.2. The highest BCUT2D eigenvalue weighted by atomic mass is 32.2. The smallest absolute Gasteiger partial charge is 0.274 e. The molecule has 0 atom stereocenters. The number of allylic oxidation sites excluding steroid dienone is 2. The summed E-state index contributed by atoms with van der Waals surface area (Å²) in [4.78, 5) is 14.6. The maximum Gasteiger partial charge on any atom is 0.274 e. The number of nitrogens with zero attached hydrogens (tertiary/aromatic N) is 1. The molecule has 4 rings (SSSR count). The normalized spacial score (nSPS) is 19.2. The second-order valence-electron chi connectivity index (χ2n) is 9.04. The topological polar surface area (TPSA) is 58.4 Å². The lowest BCUT2D eigenvalue weighted by atomic mass is 9.90. The number of anilines is 2. The molecule has 4 nitrogen and oxygen atoms in total. The van der Waals surface area contributed by atoms with Crippen molar-refractivity contribution in [3.05, 3.63) is 59.2 Å². The Hall–Kier alpha value is -2.38. The van der Waals surface area contributed by atoms with Crippen LogP contribution < -0.4 is 11.1 Å². The summed E-state index contributed by atoms with van der Waals surface area (Å²) in [6.07, 6.45) is 5.38. The molecule has 1 heterocycles. The van der Waals surface area contributed by atoms with Gasteiger partial charge in [0.1, 0.15) is 0 Å². The van der Waals surface area contributed by atoms with Crippen LogP contribution in [0.4, 0.5) is 20.2 Å². The number of hydrogen-bond donors (Lipinski definition) is 2. The molecule has 2 aliphatic rings. The van der Waals surface area contributed by atoms with Gasteiger partial charge >= 0.3 is 0 Å². The van der Waals surface area contributed by atoms with Gasteiger partial charge in [0.15, 0.2) is 5.78 Å². The zero-order chi connectivity index (χ0) is 23.6. The highest BCUT2D eigenvalue weighted by Crippen LogP contribution is 2.38. The first kappa shape index (κ1) is 23.8. The van der Waals surface area contributed by atoms with Gasteiger partial charge in [-0.25, -0.2) is 13.1 Å². The summed E-state index contributed by atoms with van der Waals surface area (Å²) in [6.45, 7) is 3.50. The summed E-state index contributed by atoms with van der Waals surface area (Å²) < 4.78 is 28.0. The minimum absolute atomic E-state index is 0.0648. The van der Waals surface area contributed by atoms with Crippen LogP contribution in [-0.4, -0.2) is 35.1 Å². The van der Waals surface area contributed by atoms with Crippen molar-refractivity contribution in [3.63, 3.8) is 0 Å². The number of halogens is 2. The lowest BCUT2D eigenvalue weighted by Gasteiger charge is -2.37. The third-order valence-electron chi connectivity index (χ3n) is 6.36. The standard InChI is InChI=1S/C26H31F2N3OS/c1-3-17(2)24(22-12-11-19(29)14-23(22)30-20-8-4-5-9-20)25(32)18-7-6-10-21(13-18)33-31-15-26(27,28)16-31/h6-7,10-14,20,30H,3-5,8-9,15-16,29H2,1-2H3. The number of Topliss-reactive ketones (excluding diaryl/α,β-unsaturated/α-hetero) is 1. The predicted octanol–water partition coefficient (Wildman–Crippen LogP) is 6.65. The number of benzene rings is 2. The fourth-order valence-corrected chi connectivity index (χ4v) is 5.56. The van der Waals surface area contributed by atoms with Gasteiger partial charge in [-0.3, -0.25) is 4.79 Å². The first-order chi connectivity index (χ1) is 15.8. The molecule has 33 heavy (non-hydrogen) atoms. The lowest BCUT2D eigenvalue weighted by molar-refractivity contribution is -0.0905. The summed E-state index contributed by atoms with van der Waals surface area (Å²) >= 11 is 1.27. The van der Waals surface area contributed by atoms with E-state index in [0.717, 1.165) is 41.0 Å². The van der Waals surface area contributed by atoms with E-state index in [1.54, 1.807) is 16.4 Å². The number of nitrogen functional groups attached to an aromatic ring is 1. The van der Waals surface area contributed by atoms with E-state index in [-0.39, 0.29) is 18.9 Å². The Morgan fingerprint density at radius 1 is 1.18 bits per heavy atom. The SMILES string of the molecule is CCC(C)=C(C(=O)c1cccc(SN2CC(F)(F)C2)c1)c1ccc(N)cc1NC1CCCC1. The maximum absolute atomic E-state index is 13.8. The summed E-state index contributed by atoms with van der Waals surface area (Å²) in [5.41, 5.74) is 10.7. The molecular formula is C26H31F2N3OS. The number of rotatable bonds is 8. The monoisotopic (exact) mass is 471 g/mol.